The molecule has 0 saturated heterocycles. The van der Waals surface area contributed by atoms with Crippen LogP contribution < -0.4 is 0 Å². The first-order valence-corrected chi connectivity index (χ1v) is 8.79. The van der Waals surface area contributed by atoms with Gasteiger partial charge in [0.1, 0.15) is 5.52 Å². The summed E-state index contributed by atoms with van der Waals surface area (Å²) in [4.78, 5) is 25.2. The average Bonchev–Trinajstić information content (AvgIpc) is 3.06. The SMILES string of the molecule is CN(C)CCN(C)C(=O)c1cnc2c(c1)ncn2CCc1ccccc1. The molecular formula is C20H25N5O. The van der Waals surface area contributed by atoms with Crippen LogP contribution in [0.25, 0.3) is 11.2 Å². The van der Waals surface area contributed by atoms with Crippen molar-refractivity contribution < 1.29 is 4.79 Å². The van der Waals surface area contributed by atoms with Gasteiger partial charge in [-0.2, -0.15) is 0 Å². The standard InChI is InChI=1S/C20H25N5O/c1-23(2)11-12-24(3)20(26)17-13-18-19(21-14-17)25(15-22-18)10-9-16-7-5-4-6-8-16/h4-8,13-15H,9-12H2,1-3H3. The highest BCUT2D eigenvalue weighted by Gasteiger charge is 2.14. The number of amides is 1. The van der Waals surface area contributed by atoms with Crippen molar-refractivity contribution in [2.45, 2.75) is 13.0 Å². The van der Waals surface area contributed by atoms with Crippen molar-refractivity contribution in [1.29, 1.82) is 0 Å². The normalized spacial score (nSPS) is 11.2. The van der Waals surface area contributed by atoms with Gasteiger partial charge < -0.3 is 14.4 Å². The minimum absolute atomic E-state index is 0.0277. The molecule has 0 atom stereocenters. The Morgan fingerprint density at radius 1 is 1.08 bits per heavy atom. The Bertz CT molecular complexity index is 872. The molecule has 1 aromatic carbocycles. The van der Waals surface area contributed by atoms with E-state index in [-0.39, 0.29) is 5.91 Å². The molecule has 0 saturated carbocycles. The van der Waals surface area contributed by atoms with Crippen molar-refractivity contribution in [2.24, 2.45) is 0 Å². The van der Waals surface area contributed by atoms with E-state index in [1.54, 1.807) is 17.4 Å². The highest BCUT2D eigenvalue weighted by molar-refractivity contribution is 5.96. The number of fused-ring (bicyclic) bond motifs is 1. The minimum Gasteiger partial charge on any atom is -0.340 e. The van der Waals surface area contributed by atoms with Crippen LogP contribution in [0.5, 0.6) is 0 Å². The second-order valence-corrected chi connectivity index (χ2v) is 6.77. The van der Waals surface area contributed by atoms with Crippen LogP contribution in [0.1, 0.15) is 15.9 Å². The van der Waals surface area contributed by atoms with Gasteiger partial charge in [-0.25, -0.2) is 9.97 Å². The Kier molecular flexibility index (Phi) is 5.63. The predicted octanol–water partition coefficient (Wildman–Crippen LogP) is 2.31. The molecular weight excluding hydrogens is 326 g/mol. The lowest BCUT2D eigenvalue weighted by Gasteiger charge is -2.19. The number of rotatable bonds is 7. The van der Waals surface area contributed by atoms with Crippen molar-refractivity contribution in [3.8, 4) is 0 Å². The summed E-state index contributed by atoms with van der Waals surface area (Å²) in [6, 6.07) is 12.2. The first-order chi connectivity index (χ1) is 12.5. The molecule has 6 nitrogen and oxygen atoms in total. The third-order valence-electron chi connectivity index (χ3n) is 4.42. The van der Waals surface area contributed by atoms with Gasteiger partial charge in [0.2, 0.25) is 0 Å². The molecule has 0 aliphatic heterocycles. The topological polar surface area (TPSA) is 54.3 Å². The Labute approximate surface area is 154 Å². The number of hydrogen-bond donors (Lipinski definition) is 0. The highest BCUT2D eigenvalue weighted by Crippen LogP contribution is 2.14. The smallest absolute Gasteiger partial charge is 0.255 e. The fourth-order valence-corrected chi connectivity index (χ4v) is 2.80. The number of carbonyl (C=O) groups is 1. The summed E-state index contributed by atoms with van der Waals surface area (Å²) in [5, 5.41) is 0. The van der Waals surface area contributed by atoms with E-state index in [0.717, 1.165) is 30.7 Å². The molecule has 0 aliphatic carbocycles. The van der Waals surface area contributed by atoms with Crippen LogP contribution in [-0.2, 0) is 13.0 Å². The van der Waals surface area contributed by atoms with Gasteiger partial charge in [-0.1, -0.05) is 30.3 Å². The van der Waals surface area contributed by atoms with Crippen LogP contribution in [0.3, 0.4) is 0 Å². The zero-order chi connectivity index (χ0) is 18.5. The molecule has 26 heavy (non-hydrogen) atoms. The van der Waals surface area contributed by atoms with E-state index in [9.17, 15) is 4.79 Å². The number of carbonyl (C=O) groups excluding carboxylic acids is 1. The van der Waals surface area contributed by atoms with E-state index in [4.69, 9.17) is 0 Å². The third-order valence-corrected chi connectivity index (χ3v) is 4.42. The quantitative estimate of drug-likeness (QED) is 0.655. The molecule has 6 heteroatoms. The Hall–Kier alpha value is -2.73. The largest absolute Gasteiger partial charge is 0.340 e. The van der Waals surface area contributed by atoms with E-state index in [2.05, 4.69) is 27.0 Å². The fourth-order valence-electron chi connectivity index (χ4n) is 2.80. The van der Waals surface area contributed by atoms with Gasteiger partial charge in [0.25, 0.3) is 5.91 Å². The fraction of sp³-hybridized carbons (Fsp3) is 0.350. The Morgan fingerprint density at radius 2 is 1.85 bits per heavy atom. The van der Waals surface area contributed by atoms with E-state index >= 15 is 0 Å². The zero-order valence-electron chi connectivity index (χ0n) is 15.6. The summed E-state index contributed by atoms with van der Waals surface area (Å²) >= 11 is 0. The van der Waals surface area contributed by atoms with Crippen LogP contribution in [0.15, 0.2) is 48.9 Å². The molecule has 0 aliphatic rings. The number of benzene rings is 1. The molecule has 0 bridgehead atoms. The summed E-state index contributed by atoms with van der Waals surface area (Å²) in [6.45, 7) is 2.31. The molecule has 0 N–H and O–H groups in total. The van der Waals surface area contributed by atoms with E-state index < -0.39 is 0 Å². The van der Waals surface area contributed by atoms with Gasteiger partial charge in [0.05, 0.1) is 11.9 Å². The van der Waals surface area contributed by atoms with Gasteiger partial charge in [-0.05, 0) is 32.1 Å². The maximum absolute atomic E-state index is 12.6. The lowest BCUT2D eigenvalue weighted by Crippen LogP contribution is -2.33. The Morgan fingerprint density at radius 3 is 2.58 bits per heavy atom. The molecule has 3 rings (SSSR count). The molecule has 3 aromatic rings. The molecule has 2 heterocycles. The highest BCUT2D eigenvalue weighted by atomic mass is 16.2. The molecule has 0 fully saturated rings. The van der Waals surface area contributed by atoms with Crippen LogP contribution in [-0.4, -0.2) is 64.5 Å². The van der Waals surface area contributed by atoms with Gasteiger partial charge >= 0.3 is 0 Å². The minimum atomic E-state index is -0.0277. The zero-order valence-corrected chi connectivity index (χ0v) is 15.6. The summed E-state index contributed by atoms with van der Waals surface area (Å²) < 4.78 is 2.03. The van der Waals surface area contributed by atoms with Crippen LogP contribution in [0.2, 0.25) is 0 Å². The molecule has 136 valence electrons. The lowest BCUT2D eigenvalue weighted by molar-refractivity contribution is 0.0786. The van der Waals surface area contributed by atoms with Gasteiger partial charge in [0.15, 0.2) is 5.65 Å². The van der Waals surface area contributed by atoms with Crippen molar-refractivity contribution in [3.05, 3.63) is 60.0 Å². The summed E-state index contributed by atoms with van der Waals surface area (Å²) in [7, 11) is 5.80. The molecule has 1 amide bonds. The maximum Gasteiger partial charge on any atom is 0.255 e. The molecule has 0 radical (unpaired) electrons. The van der Waals surface area contributed by atoms with Crippen molar-refractivity contribution in [3.63, 3.8) is 0 Å². The number of hydrogen-bond acceptors (Lipinski definition) is 4. The van der Waals surface area contributed by atoms with Crippen molar-refractivity contribution >= 4 is 17.1 Å². The van der Waals surface area contributed by atoms with Gasteiger partial charge in [-0.15, -0.1) is 0 Å². The van der Waals surface area contributed by atoms with E-state index in [1.165, 1.54) is 5.56 Å². The predicted molar refractivity (Wildman–Crippen MR) is 103 cm³/mol. The van der Waals surface area contributed by atoms with Gasteiger partial charge in [-0.3, -0.25) is 4.79 Å². The van der Waals surface area contributed by atoms with Gasteiger partial charge in [0, 0.05) is 32.9 Å². The average molecular weight is 351 g/mol. The monoisotopic (exact) mass is 351 g/mol. The van der Waals surface area contributed by atoms with E-state index in [0.29, 0.717) is 12.1 Å². The molecule has 2 aromatic heterocycles. The van der Waals surface area contributed by atoms with Crippen LogP contribution >= 0.6 is 0 Å². The lowest BCUT2D eigenvalue weighted by atomic mass is 10.1. The van der Waals surface area contributed by atoms with E-state index in [1.807, 2.05) is 50.0 Å². The maximum atomic E-state index is 12.6. The third kappa shape index (κ3) is 4.26. The number of likely N-dealkylation sites (N-methyl/N-ethyl adjacent to an activating group) is 2. The van der Waals surface area contributed by atoms with Crippen LogP contribution in [0, 0.1) is 0 Å². The summed E-state index contributed by atoms with van der Waals surface area (Å²) in [5.41, 5.74) is 3.43. The second kappa shape index (κ2) is 8.10. The second-order valence-electron chi connectivity index (χ2n) is 6.77. The van der Waals surface area contributed by atoms with Crippen LogP contribution in [0.4, 0.5) is 0 Å². The first-order valence-electron chi connectivity index (χ1n) is 8.79. The van der Waals surface area contributed by atoms with Crippen molar-refractivity contribution in [2.75, 3.05) is 34.2 Å². The number of aryl methyl sites for hydroxylation is 2. The molecule has 0 spiro atoms. The van der Waals surface area contributed by atoms with Crippen molar-refractivity contribution in [1.82, 2.24) is 24.3 Å². The number of nitrogens with zero attached hydrogens (tertiary/aromatic N) is 5. The summed E-state index contributed by atoms with van der Waals surface area (Å²) in [6.07, 6.45) is 4.37. The Balaban J connectivity index is 1.71. The first kappa shape index (κ1) is 18.1. The number of aromatic nitrogens is 3. The summed E-state index contributed by atoms with van der Waals surface area (Å²) in [5.74, 6) is -0.0277. The molecule has 0 unspecified atom stereocenters. The number of pyridine rings is 1. The number of imidazole rings is 1.